The first-order valence-corrected chi connectivity index (χ1v) is 15.6. The molecule has 0 bridgehead atoms. The van der Waals surface area contributed by atoms with Gasteiger partial charge >= 0.3 is 0 Å². The van der Waals surface area contributed by atoms with Crippen LogP contribution in [0.4, 0.5) is 5.69 Å². The maximum Gasteiger partial charge on any atom is 0.264 e. The van der Waals surface area contributed by atoms with Gasteiger partial charge in [-0.05, 0) is 87.7 Å². The van der Waals surface area contributed by atoms with Gasteiger partial charge in [-0.1, -0.05) is 64.3 Å². The molecule has 0 aromatic heterocycles. The lowest BCUT2D eigenvalue weighted by Crippen LogP contribution is -2.52. The van der Waals surface area contributed by atoms with Crippen LogP contribution in [0.2, 0.25) is 5.02 Å². The highest BCUT2D eigenvalue weighted by molar-refractivity contribution is 9.10. The average molecular weight is 649 g/mol. The quantitative estimate of drug-likeness (QED) is 0.267. The van der Waals surface area contributed by atoms with Gasteiger partial charge in [0.15, 0.2) is 0 Å². The lowest BCUT2D eigenvalue weighted by Gasteiger charge is -2.33. The monoisotopic (exact) mass is 647 g/mol. The molecule has 0 spiro atoms. The number of aryl methyl sites for hydroxylation is 2. The third kappa shape index (κ3) is 7.86. The number of rotatable bonds is 11. The number of nitrogens with one attached hydrogen (secondary N) is 1. The molecule has 0 aliphatic carbocycles. The molecule has 214 valence electrons. The molecule has 0 unspecified atom stereocenters. The predicted molar refractivity (Wildman–Crippen MR) is 164 cm³/mol. The van der Waals surface area contributed by atoms with Crippen molar-refractivity contribution in [3.8, 4) is 0 Å². The molecule has 7 nitrogen and oxygen atoms in total. The molecule has 2 amide bonds. The first kappa shape index (κ1) is 31.6. The SMILES string of the molecule is CC[C@H](C)NC(=O)[C@H](C)N(Cc1ccc(Br)cc1)C(=O)CN(c1ccc(Cl)cc1C)S(=O)(=O)c1ccc(C)cc1. The summed E-state index contributed by atoms with van der Waals surface area (Å²) >= 11 is 9.59. The van der Waals surface area contributed by atoms with Crippen molar-refractivity contribution >= 4 is 55.1 Å². The fraction of sp³-hybridized carbons (Fsp3) is 0.333. The van der Waals surface area contributed by atoms with Crippen LogP contribution in [0.15, 0.2) is 76.1 Å². The second kappa shape index (κ2) is 13.7. The van der Waals surface area contributed by atoms with Crippen LogP contribution in [-0.2, 0) is 26.2 Å². The van der Waals surface area contributed by atoms with Gasteiger partial charge in [0.25, 0.3) is 10.0 Å². The Kier molecular flexibility index (Phi) is 10.8. The zero-order valence-corrected chi connectivity index (χ0v) is 26.5. The number of anilines is 1. The van der Waals surface area contributed by atoms with Gasteiger partial charge in [-0.15, -0.1) is 0 Å². The van der Waals surface area contributed by atoms with E-state index in [2.05, 4.69) is 21.2 Å². The molecule has 2 atom stereocenters. The lowest BCUT2D eigenvalue weighted by atomic mass is 10.1. The summed E-state index contributed by atoms with van der Waals surface area (Å²) in [6.45, 7) is 8.74. The highest BCUT2D eigenvalue weighted by atomic mass is 79.9. The van der Waals surface area contributed by atoms with Gasteiger partial charge < -0.3 is 10.2 Å². The van der Waals surface area contributed by atoms with Crippen LogP contribution in [0.25, 0.3) is 0 Å². The van der Waals surface area contributed by atoms with Crippen LogP contribution in [-0.4, -0.2) is 43.8 Å². The molecule has 3 aromatic carbocycles. The average Bonchev–Trinajstić information content (AvgIpc) is 2.91. The zero-order valence-electron chi connectivity index (χ0n) is 23.3. The van der Waals surface area contributed by atoms with E-state index in [9.17, 15) is 18.0 Å². The predicted octanol–water partition coefficient (Wildman–Crippen LogP) is 6.25. The van der Waals surface area contributed by atoms with E-state index in [1.165, 1.54) is 17.0 Å². The molecular weight excluding hydrogens is 614 g/mol. The van der Waals surface area contributed by atoms with Gasteiger partial charge in [0.2, 0.25) is 11.8 Å². The molecular formula is C30H35BrClN3O4S. The van der Waals surface area contributed by atoms with Crippen molar-refractivity contribution in [2.75, 3.05) is 10.8 Å². The van der Waals surface area contributed by atoms with E-state index in [0.29, 0.717) is 16.3 Å². The molecule has 40 heavy (non-hydrogen) atoms. The van der Waals surface area contributed by atoms with Gasteiger partial charge in [0.1, 0.15) is 12.6 Å². The number of amides is 2. The summed E-state index contributed by atoms with van der Waals surface area (Å²) in [4.78, 5) is 28.6. The van der Waals surface area contributed by atoms with Crippen molar-refractivity contribution in [3.63, 3.8) is 0 Å². The van der Waals surface area contributed by atoms with E-state index in [-0.39, 0.29) is 23.4 Å². The van der Waals surface area contributed by atoms with E-state index in [1.54, 1.807) is 44.2 Å². The minimum Gasteiger partial charge on any atom is -0.352 e. The van der Waals surface area contributed by atoms with Gasteiger partial charge in [-0.25, -0.2) is 8.42 Å². The van der Waals surface area contributed by atoms with E-state index in [1.807, 2.05) is 45.0 Å². The third-order valence-electron chi connectivity index (χ3n) is 6.75. The Hall–Kier alpha value is -2.88. The standard InChI is InChI=1S/C30H35BrClN3O4S/c1-6-22(4)33-30(37)23(5)34(18-24-9-11-25(31)12-10-24)29(36)19-35(28-16-13-26(32)17-21(28)3)40(38,39)27-14-7-20(2)8-15-27/h7-17,22-23H,6,18-19H2,1-5H3,(H,33,37)/t22-,23-/m0/s1. The molecule has 0 aliphatic rings. The van der Waals surface area contributed by atoms with E-state index in [4.69, 9.17) is 11.6 Å². The molecule has 0 saturated carbocycles. The lowest BCUT2D eigenvalue weighted by molar-refractivity contribution is -0.139. The summed E-state index contributed by atoms with van der Waals surface area (Å²) in [7, 11) is -4.15. The number of nitrogens with zero attached hydrogens (tertiary/aromatic N) is 2. The Morgan fingerprint density at radius 2 is 1.60 bits per heavy atom. The number of hydrogen-bond acceptors (Lipinski definition) is 4. The second-order valence-electron chi connectivity index (χ2n) is 9.90. The summed E-state index contributed by atoms with van der Waals surface area (Å²) in [6, 6.07) is 17.8. The normalized spacial score (nSPS) is 12.9. The van der Waals surface area contributed by atoms with Crippen LogP contribution in [0.5, 0.6) is 0 Å². The van der Waals surface area contributed by atoms with Crippen molar-refractivity contribution in [1.29, 1.82) is 0 Å². The van der Waals surface area contributed by atoms with Gasteiger partial charge in [0, 0.05) is 22.1 Å². The largest absolute Gasteiger partial charge is 0.352 e. The number of benzene rings is 3. The second-order valence-corrected chi connectivity index (χ2v) is 13.1. The fourth-order valence-corrected chi connectivity index (χ4v) is 6.05. The van der Waals surface area contributed by atoms with Crippen LogP contribution < -0.4 is 9.62 Å². The molecule has 0 heterocycles. The smallest absolute Gasteiger partial charge is 0.264 e. The molecule has 3 rings (SSSR count). The molecule has 0 fully saturated rings. The van der Waals surface area contributed by atoms with Crippen molar-refractivity contribution in [3.05, 3.63) is 92.9 Å². The Bertz CT molecular complexity index is 1450. The van der Waals surface area contributed by atoms with Crippen molar-refractivity contribution in [2.24, 2.45) is 0 Å². The van der Waals surface area contributed by atoms with Crippen LogP contribution in [0, 0.1) is 13.8 Å². The Morgan fingerprint density at radius 3 is 2.17 bits per heavy atom. The van der Waals surface area contributed by atoms with E-state index in [0.717, 1.165) is 26.3 Å². The molecule has 3 aromatic rings. The maximum atomic E-state index is 14.0. The Labute approximate surface area is 250 Å². The number of halogens is 2. The van der Waals surface area contributed by atoms with Gasteiger partial charge in [0.05, 0.1) is 10.6 Å². The molecule has 0 radical (unpaired) electrons. The van der Waals surface area contributed by atoms with Gasteiger partial charge in [-0.2, -0.15) is 0 Å². The van der Waals surface area contributed by atoms with Crippen molar-refractivity contribution in [2.45, 2.75) is 64.6 Å². The molecule has 1 N–H and O–H groups in total. The summed E-state index contributed by atoms with van der Waals surface area (Å²) in [5.74, 6) is -0.824. The van der Waals surface area contributed by atoms with Crippen LogP contribution in [0.3, 0.4) is 0 Å². The van der Waals surface area contributed by atoms with Crippen LogP contribution in [0.1, 0.15) is 43.9 Å². The highest BCUT2D eigenvalue weighted by Gasteiger charge is 2.33. The van der Waals surface area contributed by atoms with Crippen molar-refractivity contribution in [1.82, 2.24) is 10.2 Å². The Balaban J connectivity index is 2.05. The Morgan fingerprint density at radius 1 is 0.975 bits per heavy atom. The molecule has 0 aliphatic heterocycles. The number of hydrogen-bond donors (Lipinski definition) is 1. The minimum atomic E-state index is -4.15. The van der Waals surface area contributed by atoms with Crippen molar-refractivity contribution < 1.29 is 18.0 Å². The molecule has 0 saturated heterocycles. The fourth-order valence-electron chi connectivity index (χ4n) is 4.08. The van der Waals surface area contributed by atoms with E-state index >= 15 is 0 Å². The van der Waals surface area contributed by atoms with Crippen LogP contribution >= 0.6 is 27.5 Å². The minimum absolute atomic E-state index is 0.0577. The summed E-state index contributed by atoms with van der Waals surface area (Å²) < 4.78 is 29.9. The summed E-state index contributed by atoms with van der Waals surface area (Å²) in [5.41, 5.74) is 2.64. The molecule has 10 heteroatoms. The highest BCUT2D eigenvalue weighted by Crippen LogP contribution is 2.29. The van der Waals surface area contributed by atoms with Gasteiger partial charge in [-0.3, -0.25) is 13.9 Å². The third-order valence-corrected chi connectivity index (χ3v) is 9.29. The van der Waals surface area contributed by atoms with E-state index < -0.39 is 28.5 Å². The summed E-state index contributed by atoms with van der Waals surface area (Å²) in [6.07, 6.45) is 0.734. The topological polar surface area (TPSA) is 86.8 Å². The number of sulfonamides is 1. The number of carbonyl (C=O) groups is 2. The first-order valence-electron chi connectivity index (χ1n) is 13.0. The maximum absolute atomic E-state index is 14.0. The first-order chi connectivity index (χ1) is 18.8. The summed E-state index contributed by atoms with van der Waals surface area (Å²) in [5, 5.41) is 3.39. The zero-order chi connectivity index (χ0) is 29.6. The number of carbonyl (C=O) groups excluding carboxylic acids is 2.